The Morgan fingerprint density at radius 2 is 1.83 bits per heavy atom. The molecule has 5 aromatic rings. The summed E-state index contributed by atoms with van der Waals surface area (Å²) in [6, 6.07) is 14.2. The molecule has 3 heterocycles. The maximum Gasteiger partial charge on any atom is 0.433 e. The second-order valence-electron chi connectivity index (χ2n) is 7.84. The second kappa shape index (κ2) is 9.08. The molecule has 1 N–H and O–H groups in total. The summed E-state index contributed by atoms with van der Waals surface area (Å²) in [7, 11) is 0. The van der Waals surface area contributed by atoms with Crippen molar-refractivity contribution in [3.8, 4) is 11.3 Å². The van der Waals surface area contributed by atoms with Crippen LogP contribution in [0.25, 0.3) is 16.9 Å². The Bertz CT molecular complexity index is 1580. The van der Waals surface area contributed by atoms with E-state index in [4.69, 9.17) is 11.6 Å². The first-order valence-corrected chi connectivity index (χ1v) is 10.9. The standard InChI is InChI=1S/C24H15ClF4N6O/c25-16-6-4-15(5-7-16)19-9-21(24(27,28)29)35-22(32-19)10-20(33-35)23(36)31-18-11-30-34(13-18)12-14-2-1-3-17(26)8-14/h1-11,13H,12H2,(H,31,36). The third kappa shape index (κ3) is 4.91. The van der Waals surface area contributed by atoms with Gasteiger partial charge < -0.3 is 5.32 Å². The van der Waals surface area contributed by atoms with E-state index in [1.807, 2.05) is 0 Å². The lowest BCUT2D eigenvalue weighted by Gasteiger charge is -2.11. The number of amides is 1. The van der Waals surface area contributed by atoms with E-state index in [0.717, 1.165) is 6.07 Å². The molecule has 0 saturated heterocycles. The normalized spacial score (nSPS) is 11.7. The molecule has 0 spiro atoms. The highest BCUT2D eigenvalue weighted by Crippen LogP contribution is 2.32. The maximum absolute atomic E-state index is 13.8. The molecule has 3 aromatic heterocycles. The molecule has 12 heteroatoms. The molecule has 2 aromatic carbocycles. The molecule has 36 heavy (non-hydrogen) atoms. The van der Waals surface area contributed by atoms with Gasteiger partial charge in [0.2, 0.25) is 0 Å². The Morgan fingerprint density at radius 1 is 1.06 bits per heavy atom. The van der Waals surface area contributed by atoms with E-state index in [9.17, 15) is 22.4 Å². The monoisotopic (exact) mass is 514 g/mol. The van der Waals surface area contributed by atoms with Crippen molar-refractivity contribution in [1.29, 1.82) is 0 Å². The van der Waals surface area contributed by atoms with E-state index in [0.29, 0.717) is 26.4 Å². The van der Waals surface area contributed by atoms with Gasteiger partial charge in [0.1, 0.15) is 5.82 Å². The number of benzene rings is 2. The second-order valence-corrected chi connectivity index (χ2v) is 8.28. The highest BCUT2D eigenvalue weighted by Gasteiger charge is 2.35. The van der Waals surface area contributed by atoms with E-state index in [2.05, 4.69) is 20.5 Å². The maximum atomic E-state index is 13.8. The van der Waals surface area contributed by atoms with Crippen molar-refractivity contribution in [3.63, 3.8) is 0 Å². The molecule has 0 atom stereocenters. The molecule has 0 unspecified atom stereocenters. The molecular formula is C24H15ClF4N6O. The lowest BCUT2D eigenvalue weighted by atomic mass is 10.1. The first-order valence-electron chi connectivity index (χ1n) is 10.5. The topological polar surface area (TPSA) is 77.1 Å². The van der Waals surface area contributed by atoms with Crippen molar-refractivity contribution < 1.29 is 22.4 Å². The Labute approximate surface area is 206 Å². The Balaban J connectivity index is 1.42. The van der Waals surface area contributed by atoms with Gasteiger partial charge in [-0.2, -0.15) is 23.4 Å². The molecule has 0 bridgehead atoms. The lowest BCUT2D eigenvalue weighted by molar-refractivity contribution is -0.142. The van der Waals surface area contributed by atoms with Crippen molar-refractivity contribution in [2.45, 2.75) is 12.7 Å². The van der Waals surface area contributed by atoms with E-state index < -0.39 is 17.8 Å². The first-order chi connectivity index (χ1) is 17.2. The van der Waals surface area contributed by atoms with Crippen LogP contribution in [0, 0.1) is 5.82 Å². The zero-order valence-corrected chi connectivity index (χ0v) is 18.9. The average Bonchev–Trinajstić information content (AvgIpc) is 3.45. The minimum absolute atomic E-state index is 0.0528. The average molecular weight is 515 g/mol. The third-order valence-corrected chi connectivity index (χ3v) is 5.47. The number of hydrogen-bond acceptors (Lipinski definition) is 4. The number of anilines is 1. The summed E-state index contributed by atoms with van der Waals surface area (Å²) >= 11 is 5.87. The fraction of sp³-hybridized carbons (Fsp3) is 0.0833. The highest BCUT2D eigenvalue weighted by atomic mass is 35.5. The molecule has 0 aliphatic heterocycles. The van der Waals surface area contributed by atoms with E-state index in [1.165, 1.54) is 35.3 Å². The number of nitrogens with zero attached hydrogens (tertiary/aromatic N) is 5. The Morgan fingerprint density at radius 3 is 2.56 bits per heavy atom. The third-order valence-electron chi connectivity index (χ3n) is 5.21. The summed E-state index contributed by atoms with van der Waals surface area (Å²) in [5, 5.41) is 10.9. The number of carbonyl (C=O) groups excluding carboxylic acids is 1. The molecule has 0 saturated carbocycles. The van der Waals surface area contributed by atoms with Crippen molar-refractivity contribution >= 4 is 28.8 Å². The quantitative estimate of drug-likeness (QED) is 0.305. The van der Waals surface area contributed by atoms with Crippen LogP contribution in [0.4, 0.5) is 23.2 Å². The van der Waals surface area contributed by atoms with Crippen LogP contribution in [0.3, 0.4) is 0 Å². The van der Waals surface area contributed by atoms with Crippen LogP contribution in [0.15, 0.2) is 73.1 Å². The summed E-state index contributed by atoms with van der Waals surface area (Å²) < 4.78 is 56.8. The van der Waals surface area contributed by atoms with Crippen LogP contribution >= 0.6 is 11.6 Å². The van der Waals surface area contributed by atoms with Crippen LogP contribution in [-0.2, 0) is 12.7 Å². The van der Waals surface area contributed by atoms with Crippen molar-refractivity contribution in [2.75, 3.05) is 5.32 Å². The molecule has 5 rings (SSSR count). The summed E-state index contributed by atoms with van der Waals surface area (Å²) in [6.07, 6.45) is -1.87. The molecule has 0 fully saturated rings. The van der Waals surface area contributed by atoms with Crippen molar-refractivity contribution in [3.05, 3.63) is 101 Å². The van der Waals surface area contributed by atoms with E-state index in [1.54, 1.807) is 36.4 Å². The number of alkyl halides is 3. The van der Waals surface area contributed by atoms with E-state index >= 15 is 0 Å². The number of rotatable bonds is 5. The molecule has 0 aliphatic rings. The van der Waals surface area contributed by atoms with Crippen LogP contribution in [-0.4, -0.2) is 30.3 Å². The van der Waals surface area contributed by atoms with Gasteiger partial charge in [-0.15, -0.1) is 0 Å². The molecule has 0 radical (unpaired) electrons. The molecule has 182 valence electrons. The molecule has 7 nitrogen and oxygen atoms in total. The van der Waals surface area contributed by atoms with Crippen molar-refractivity contribution in [1.82, 2.24) is 24.4 Å². The van der Waals surface area contributed by atoms with Crippen LogP contribution < -0.4 is 5.32 Å². The Kier molecular flexibility index (Phi) is 5.92. The van der Waals surface area contributed by atoms with Gasteiger partial charge >= 0.3 is 6.18 Å². The van der Waals surface area contributed by atoms with Crippen LogP contribution in [0.2, 0.25) is 5.02 Å². The predicted molar refractivity (Wildman–Crippen MR) is 124 cm³/mol. The molecule has 1 amide bonds. The number of halogens is 5. The lowest BCUT2D eigenvalue weighted by Crippen LogP contribution is -2.15. The summed E-state index contributed by atoms with van der Waals surface area (Å²) in [4.78, 5) is 17.0. The van der Waals surface area contributed by atoms with Crippen LogP contribution in [0.1, 0.15) is 21.7 Å². The predicted octanol–water partition coefficient (Wildman–Crippen LogP) is 5.70. The zero-order chi connectivity index (χ0) is 25.4. The number of fused-ring (bicyclic) bond motifs is 1. The minimum atomic E-state index is -4.75. The fourth-order valence-electron chi connectivity index (χ4n) is 3.59. The van der Waals surface area contributed by atoms with Gasteiger partial charge in [-0.1, -0.05) is 35.9 Å². The Hall–Kier alpha value is -4.25. The van der Waals surface area contributed by atoms with Gasteiger partial charge in [0, 0.05) is 22.8 Å². The van der Waals surface area contributed by atoms with Gasteiger partial charge in [0.25, 0.3) is 5.91 Å². The van der Waals surface area contributed by atoms with Gasteiger partial charge in [-0.25, -0.2) is 13.9 Å². The number of aromatic nitrogens is 5. The smallest absolute Gasteiger partial charge is 0.318 e. The van der Waals surface area contributed by atoms with Gasteiger partial charge in [0.15, 0.2) is 17.0 Å². The summed E-state index contributed by atoms with van der Waals surface area (Å²) in [6.45, 7) is 0.258. The van der Waals surface area contributed by atoms with Crippen molar-refractivity contribution in [2.24, 2.45) is 0 Å². The first kappa shape index (κ1) is 23.5. The number of carbonyl (C=O) groups is 1. The SMILES string of the molecule is O=C(Nc1cnn(Cc2cccc(F)c2)c1)c1cc2nc(-c3ccc(Cl)cc3)cc(C(F)(F)F)n2n1. The van der Waals surface area contributed by atoms with Crippen LogP contribution in [0.5, 0.6) is 0 Å². The van der Waals surface area contributed by atoms with E-state index in [-0.39, 0.29) is 29.4 Å². The zero-order valence-electron chi connectivity index (χ0n) is 18.2. The fourth-order valence-corrected chi connectivity index (χ4v) is 3.71. The summed E-state index contributed by atoms with van der Waals surface area (Å²) in [5.74, 6) is -1.13. The number of nitrogens with one attached hydrogen (secondary N) is 1. The minimum Gasteiger partial charge on any atom is -0.318 e. The molecule has 0 aliphatic carbocycles. The van der Waals surface area contributed by atoms with Gasteiger partial charge in [-0.05, 0) is 35.9 Å². The van der Waals surface area contributed by atoms with Gasteiger partial charge in [-0.3, -0.25) is 9.48 Å². The highest BCUT2D eigenvalue weighted by molar-refractivity contribution is 6.30. The largest absolute Gasteiger partial charge is 0.433 e. The summed E-state index contributed by atoms with van der Waals surface area (Å²) in [5.41, 5.74) is -0.0690. The number of hydrogen-bond donors (Lipinski definition) is 1. The van der Waals surface area contributed by atoms with Gasteiger partial charge in [0.05, 0.1) is 24.1 Å². The molecular weight excluding hydrogens is 500 g/mol.